The summed E-state index contributed by atoms with van der Waals surface area (Å²) in [6, 6.07) is 0.405. The fourth-order valence-electron chi connectivity index (χ4n) is 1.75. The molecule has 0 amide bonds. The molecule has 0 spiro atoms. The molecule has 16 heavy (non-hydrogen) atoms. The quantitative estimate of drug-likeness (QED) is 0.576. The van der Waals surface area contributed by atoms with Gasteiger partial charge < -0.3 is 10.3 Å². The van der Waals surface area contributed by atoms with Gasteiger partial charge in [0.15, 0.2) is 0 Å². The van der Waals surface area contributed by atoms with Gasteiger partial charge in [-0.05, 0) is 19.4 Å². The van der Waals surface area contributed by atoms with Crippen LogP contribution >= 0.6 is 0 Å². The predicted octanol–water partition coefficient (Wildman–Crippen LogP) is 2.06. The lowest BCUT2D eigenvalue weighted by molar-refractivity contribution is 0.612. The lowest BCUT2D eigenvalue weighted by Gasteiger charge is -2.04. The molecule has 4 heteroatoms. The first kappa shape index (κ1) is 11.4. The Hall–Kier alpha value is -1.05. The molecule has 2 heterocycles. The molecule has 3 nitrogen and oxygen atoms in total. The molecule has 0 aromatic carbocycles. The number of nitrogens with one attached hydrogen (secondary N) is 2. The first-order valence-corrected chi connectivity index (χ1v) is 9.36. The van der Waals surface area contributed by atoms with E-state index in [9.17, 15) is 0 Å². The lowest BCUT2D eigenvalue weighted by Crippen LogP contribution is -2.16. The second kappa shape index (κ2) is 4.44. The molecule has 2 N–H and O–H groups in total. The van der Waals surface area contributed by atoms with Gasteiger partial charge in [0.1, 0.15) is 19.6 Å². The average Bonchev–Trinajstić information content (AvgIpc) is 2.84. The van der Waals surface area contributed by atoms with E-state index in [1.165, 1.54) is 12.8 Å². The van der Waals surface area contributed by atoms with E-state index >= 15 is 0 Å². The topological polar surface area (TPSA) is 40.7 Å². The van der Waals surface area contributed by atoms with Crippen LogP contribution in [0.2, 0.25) is 19.6 Å². The van der Waals surface area contributed by atoms with E-state index in [0.717, 1.165) is 18.1 Å². The summed E-state index contributed by atoms with van der Waals surface area (Å²) in [7, 11) is -1.29. The summed E-state index contributed by atoms with van der Waals surface area (Å²) in [6.07, 6.45) is 4.26. The van der Waals surface area contributed by atoms with Gasteiger partial charge in [0.05, 0.1) is 12.2 Å². The highest BCUT2D eigenvalue weighted by Gasteiger charge is 2.18. The minimum Gasteiger partial charge on any atom is -0.334 e. The molecule has 1 aliphatic rings. The number of imidazole rings is 1. The predicted molar refractivity (Wildman–Crippen MR) is 68.8 cm³/mol. The molecule has 2 rings (SSSR count). The van der Waals surface area contributed by atoms with Gasteiger partial charge in [0.25, 0.3) is 0 Å². The third-order valence-electron chi connectivity index (χ3n) is 2.56. The van der Waals surface area contributed by atoms with Crippen molar-refractivity contribution in [2.75, 3.05) is 6.54 Å². The molecule has 0 aliphatic carbocycles. The van der Waals surface area contributed by atoms with Gasteiger partial charge in [-0.2, -0.15) is 0 Å². The molecule has 1 saturated heterocycles. The maximum absolute atomic E-state index is 4.39. The van der Waals surface area contributed by atoms with Gasteiger partial charge in [-0.1, -0.05) is 25.6 Å². The van der Waals surface area contributed by atoms with Crippen molar-refractivity contribution >= 4 is 8.07 Å². The van der Waals surface area contributed by atoms with E-state index in [1.807, 2.05) is 6.20 Å². The number of nitrogens with zero attached hydrogens (tertiary/aromatic N) is 1. The summed E-state index contributed by atoms with van der Waals surface area (Å²) in [4.78, 5) is 7.70. The number of H-pyrrole nitrogens is 1. The van der Waals surface area contributed by atoms with Crippen LogP contribution < -0.4 is 5.32 Å². The zero-order valence-corrected chi connectivity index (χ0v) is 11.2. The van der Waals surface area contributed by atoms with E-state index < -0.39 is 8.07 Å². The van der Waals surface area contributed by atoms with Crippen molar-refractivity contribution in [3.8, 4) is 11.5 Å². The van der Waals surface area contributed by atoms with Crippen LogP contribution in [0, 0.1) is 11.5 Å². The van der Waals surface area contributed by atoms with Gasteiger partial charge in [0.2, 0.25) is 0 Å². The number of aromatic nitrogens is 2. The molecule has 0 bridgehead atoms. The number of hydrogen-bond acceptors (Lipinski definition) is 2. The van der Waals surface area contributed by atoms with E-state index in [2.05, 4.69) is 46.4 Å². The summed E-state index contributed by atoms with van der Waals surface area (Å²) in [5, 5.41) is 3.43. The monoisotopic (exact) mass is 233 g/mol. The van der Waals surface area contributed by atoms with Crippen molar-refractivity contribution in [2.45, 2.75) is 38.5 Å². The summed E-state index contributed by atoms with van der Waals surface area (Å²) < 4.78 is 0. The highest BCUT2D eigenvalue weighted by Crippen LogP contribution is 2.19. The Morgan fingerprint density at radius 1 is 1.44 bits per heavy atom. The van der Waals surface area contributed by atoms with Crippen molar-refractivity contribution in [3.63, 3.8) is 0 Å². The fourth-order valence-corrected chi connectivity index (χ4v) is 2.26. The molecule has 1 unspecified atom stereocenters. The van der Waals surface area contributed by atoms with Crippen molar-refractivity contribution in [3.05, 3.63) is 17.7 Å². The largest absolute Gasteiger partial charge is 0.334 e. The molecule has 86 valence electrons. The second-order valence-corrected chi connectivity index (χ2v) is 10.1. The molecule has 1 aromatic rings. The number of aromatic amines is 1. The molecule has 0 saturated carbocycles. The fraction of sp³-hybridized carbons (Fsp3) is 0.583. The molecular formula is C12H19N3Si. The van der Waals surface area contributed by atoms with Gasteiger partial charge in [0, 0.05) is 0 Å². The maximum atomic E-state index is 4.39. The van der Waals surface area contributed by atoms with E-state index in [0.29, 0.717) is 6.04 Å². The van der Waals surface area contributed by atoms with Crippen LogP contribution in [0.25, 0.3) is 0 Å². The third kappa shape index (κ3) is 2.97. The minimum atomic E-state index is -1.29. The van der Waals surface area contributed by atoms with Crippen LogP contribution in [-0.2, 0) is 0 Å². The average molecular weight is 233 g/mol. The maximum Gasteiger partial charge on any atom is 0.129 e. The van der Waals surface area contributed by atoms with E-state index in [1.54, 1.807) is 0 Å². The first-order chi connectivity index (χ1) is 7.54. The second-order valence-electron chi connectivity index (χ2n) is 5.33. The summed E-state index contributed by atoms with van der Waals surface area (Å²) >= 11 is 0. The molecular weight excluding hydrogens is 214 g/mol. The number of rotatable bonds is 1. The SMILES string of the molecule is C[Si](C)(C)C#Cc1cnc(C2CCCN2)[nH]1. The number of hydrogen-bond donors (Lipinski definition) is 2. The van der Waals surface area contributed by atoms with Crippen LogP contribution in [0.5, 0.6) is 0 Å². The van der Waals surface area contributed by atoms with Crippen LogP contribution in [0.15, 0.2) is 6.20 Å². The Kier molecular flexibility index (Phi) is 3.17. The van der Waals surface area contributed by atoms with Crippen LogP contribution in [0.3, 0.4) is 0 Å². The Morgan fingerprint density at radius 3 is 2.88 bits per heavy atom. The summed E-state index contributed by atoms with van der Waals surface area (Å²) in [5.74, 6) is 4.23. The lowest BCUT2D eigenvalue weighted by atomic mass is 10.2. The van der Waals surface area contributed by atoms with Gasteiger partial charge in [-0.3, -0.25) is 0 Å². The zero-order chi connectivity index (χ0) is 11.6. The normalized spacial score (nSPS) is 20.6. The Bertz CT molecular complexity index is 413. The first-order valence-electron chi connectivity index (χ1n) is 5.86. The molecule has 1 aromatic heterocycles. The highest BCUT2D eigenvalue weighted by atomic mass is 28.3. The molecule has 1 fully saturated rings. The van der Waals surface area contributed by atoms with Crippen molar-refractivity contribution in [2.24, 2.45) is 0 Å². The molecule has 0 radical (unpaired) electrons. The summed E-state index contributed by atoms with van der Waals surface area (Å²) in [5.41, 5.74) is 4.29. The summed E-state index contributed by atoms with van der Waals surface area (Å²) in [6.45, 7) is 7.84. The van der Waals surface area contributed by atoms with Crippen molar-refractivity contribution in [1.82, 2.24) is 15.3 Å². The van der Waals surface area contributed by atoms with E-state index in [-0.39, 0.29) is 0 Å². The third-order valence-corrected chi connectivity index (χ3v) is 3.43. The standard InChI is InChI=1S/C12H19N3Si/c1-16(2,3)8-6-10-9-14-12(15-10)11-5-4-7-13-11/h9,11,13H,4-5,7H2,1-3H3,(H,14,15). The Balaban J connectivity index is 2.09. The molecule has 1 atom stereocenters. The van der Waals surface area contributed by atoms with Gasteiger partial charge >= 0.3 is 0 Å². The van der Waals surface area contributed by atoms with Crippen LogP contribution in [-0.4, -0.2) is 24.6 Å². The van der Waals surface area contributed by atoms with Crippen molar-refractivity contribution in [1.29, 1.82) is 0 Å². The zero-order valence-electron chi connectivity index (χ0n) is 10.2. The van der Waals surface area contributed by atoms with Gasteiger partial charge in [-0.15, -0.1) is 5.54 Å². The minimum absolute atomic E-state index is 0.405. The highest BCUT2D eigenvalue weighted by molar-refractivity contribution is 6.83. The smallest absolute Gasteiger partial charge is 0.129 e. The molecule has 1 aliphatic heterocycles. The van der Waals surface area contributed by atoms with E-state index in [4.69, 9.17) is 0 Å². The Labute approximate surface area is 98.1 Å². The van der Waals surface area contributed by atoms with Crippen LogP contribution in [0.4, 0.5) is 0 Å². The van der Waals surface area contributed by atoms with Crippen molar-refractivity contribution < 1.29 is 0 Å². The van der Waals surface area contributed by atoms with Crippen LogP contribution in [0.1, 0.15) is 30.4 Å². The Morgan fingerprint density at radius 2 is 2.25 bits per heavy atom. The van der Waals surface area contributed by atoms with Gasteiger partial charge in [-0.25, -0.2) is 4.98 Å².